The summed E-state index contributed by atoms with van der Waals surface area (Å²) in [5.41, 5.74) is 0.344. The predicted octanol–water partition coefficient (Wildman–Crippen LogP) is 1.39. The molecule has 104 valence electrons. The van der Waals surface area contributed by atoms with Gasteiger partial charge in [0.2, 0.25) is 0 Å². The second-order valence-corrected chi connectivity index (χ2v) is 6.55. The second-order valence-electron chi connectivity index (χ2n) is 4.88. The van der Waals surface area contributed by atoms with Crippen LogP contribution in [0.2, 0.25) is 0 Å². The normalized spacial score (nSPS) is 18.2. The van der Waals surface area contributed by atoms with Crippen LogP contribution in [-0.4, -0.2) is 31.7 Å². The van der Waals surface area contributed by atoms with E-state index in [9.17, 15) is 13.2 Å². The molecule has 1 fully saturated rings. The fourth-order valence-corrected chi connectivity index (χ4v) is 3.23. The third-order valence-electron chi connectivity index (χ3n) is 3.34. The van der Waals surface area contributed by atoms with Crippen LogP contribution in [-0.2, 0) is 10.2 Å². The monoisotopic (exact) mass is 282 g/mol. The molecule has 1 aromatic rings. The maximum absolute atomic E-state index is 12.1. The lowest BCUT2D eigenvalue weighted by Gasteiger charge is -2.29. The molecule has 1 heterocycles. The molecule has 5 nitrogen and oxygen atoms in total. The average Bonchev–Trinajstić information content (AvgIpc) is 2.40. The summed E-state index contributed by atoms with van der Waals surface area (Å²) in [7, 11) is -3.72. The first-order chi connectivity index (χ1) is 8.99. The van der Waals surface area contributed by atoms with E-state index in [2.05, 4.69) is 11.6 Å². The molecule has 1 aromatic carbocycles. The predicted molar refractivity (Wildman–Crippen MR) is 72.8 cm³/mol. The lowest BCUT2D eigenvalue weighted by Crippen LogP contribution is -2.46. The van der Waals surface area contributed by atoms with Gasteiger partial charge in [-0.3, -0.25) is 4.79 Å². The Labute approximate surface area is 113 Å². The van der Waals surface area contributed by atoms with Crippen molar-refractivity contribution in [2.24, 2.45) is 5.92 Å². The zero-order chi connectivity index (χ0) is 13.9. The van der Waals surface area contributed by atoms with Gasteiger partial charge in [-0.1, -0.05) is 25.1 Å². The van der Waals surface area contributed by atoms with Gasteiger partial charge in [0.25, 0.3) is 5.91 Å². The summed E-state index contributed by atoms with van der Waals surface area (Å²) in [6, 6.07) is 8.35. The number of amides is 1. The van der Waals surface area contributed by atoms with Crippen LogP contribution in [0.3, 0.4) is 0 Å². The molecule has 0 atom stereocenters. The molecular formula is C13H18N2O3S. The van der Waals surface area contributed by atoms with E-state index < -0.39 is 16.1 Å². The van der Waals surface area contributed by atoms with Crippen LogP contribution in [0.15, 0.2) is 30.3 Å². The summed E-state index contributed by atoms with van der Waals surface area (Å²) in [5, 5.41) is 0. The summed E-state index contributed by atoms with van der Waals surface area (Å²) in [4.78, 5) is 11.9. The summed E-state index contributed by atoms with van der Waals surface area (Å²) < 4.78 is 27.6. The quantitative estimate of drug-likeness (QED) is 0.911. The molecule has 19 heavy (non-hydrogen) atoms. The maximum Gasteiger partial charge on any atom is 0.304 e. The Bertz CT molecular complexity index is 534. The Morgan fingerprint density at radius 2 is 1.79 bits per heavy atom. The molecule has 0 spiro atoms. The van der Waals surface area contributed by atoms with Crippen molar-refractivity contribution >= 4 is 16.1 Å². The van der Waals surface area contributed by atoms with Gasteiger partial charge >= 0.3 is 10.2 Å². The summed E-state index contributed by atoms with van der Waals surface area (Å²) in [6.07, 6.45) is 1.67. The molecule has 0 radical (unpaired) electrons. The number of hydrogen-bond donors (Lipinski definition) is 1. The highest BCUT2D eigenvalue weighted by Gasteiger charge is 2.27. The molecule has 1 aliphatic rings. The van der Waals surface area contributed by atoms with E-state index in [-0.39, 0.29) is 0 Å². The third-order valence-corrected chi connectivity index (χ3v) is 4.83. The minimum Gasteiger partial charge on any atom is -0.268 e. The largest absolute Gasteiger partial charge is 0.304 e. The molecule has 0 aromatic heterocycles. The van der Waals surface area contributed by atoms with Gasteiger partial charge in [0.05, 0.1) is 0 Å². The molecule has 0 bridgehead atoms. The van der Waals surface area contributed by atoms with Crippen LogP contribution < -0.4 is 4.72 Å². The molecular weight excluding hydrogens is 264 g/mol. The lowest BCUT2D eigenvalue weighted by molar-refractivity contribution is 0.0978. The summed E-state index contributed by atoms with van der Waals surface area (Å²) in [6.45, 7) is 3.05. The highest BCUT2D eigenvalue weighted by Crippen LogP contribution is 2.18. The fourth-order valence-electron chi connectivity index (χ4n) is 2.06. The molecule has 0 saturated carbocycles. The summed E-state index contributed by atoms with van der Waals surface area (Å²) >= 11 is 0. The van der Waals surface area contributed by atoms with Crippen molar-refractivity contribution in [2.75, 3.05) is 13.1 Å². The third kappa shape index (κ3) is 3.54. The smallest absolute Gasteiger partial charge is 0.268 e. The van der Waals surface area contributed by atoms with E-state index >= 15 is 0 Å². The molecule has 0 aliphatic carbocycles. The van der Waals surface area contributed by atoms with Crippen molar-refractivity contribution in [1.29, 1.82) is 0 Å². The van der Waals surface area contributed by atoms with Gasteiger partial charge in [0.1, 0.15) is 0 Å². The molecule has 1 aliphatic heterocycles. The fraction of sp³-hybridized carbons (Fsp3) is 0.462. The Morgan fingerprint density at radius 1 is 1.21 bits per heavy atom. The number of rotatable bonds is 3. The van der Waals surface area contributed by atoms with Crippen LogP contribution in [0.25, 0.3) is 0 Å². The Morgan fingerprint density at radius 3 is 2.37 bits per heavy atom. The Balaban J connectivity index is 2.03. The first kappa shape index (κ1) is 14.0. The molecule has 1 N–H and O–H groups in total. The maximum atomic E-state index is 12.1. The number of nitrogens with zero attached hydrogens (tertiary/aromatic N) is 1. The molecule has 2 rings (SSSR count). The van der Waals surface area contributed by atoms with Crippen LogP contribution in [0, 0.1) is 5.92 Å². The summed E-state index contributed by atoms with van der Waals surface area (Å²) in [5.74, 6) is -0.0458. The number of carbonyl (C=O) groups is 1. The van der Waals surface area contributed by atoms with E-state index in [1.165, 1.54) is 4.31 Å². The second kappa shape index (κ2) is 5.71. The highest BCUT2D eigenvalue weighted by atomic mass is 32.2. The zero-order valence-electron chi connectivity index (χ0n) is 10.9. The van der Waals surface area contributed by atoms with Crippen molar-refractivity contribution < 1.29 is 13.2 Å². The number of carbonyl (C=O) groups excluding carboxylic acids is 1. The van der Waals surface area contributed by atoms with Gasteiger partial charge in [-0.15, -0.1) is 0 Å². The lowest BCUT2D eigenvalue weighted by atomic mass is 10.0. The van der Waals surface area contributed by atoms with Gasteiger partial charge in [0, 0.05) is 18.7 Å². The SMILES string of the molecule is CC1CCN(S(=O)(=O)NC(=O)c2ccccc2)CC1. The van der Waals surface area contributed by atoms with Gasteiger partial charge < -0.3 is 0 Å². The van der Waals surface area contributed by atoms with Gasteiger partial charge in [-0.25, -0.2) is 4.72 Å². The number of nitrogens with one attached hydrogen (secondary N) is 1. The van der Waals surface area contributed by atoms with Crippen molar-refractivity contribution in [1.82, 2.24) is 9.03 Å². The number of hydrogen-bond acceptors (Lipinski definition) is 3. The number of piperidine rings is 1. The first-order valence-electron chi connectivity index (χ1n) is 6.36. The van der Waals surface area contributed by atoms with Crippen molar-refractivity contribution in [3.05, 3.63) is 35.9 Å². The van der Waals surface area contributed by atoms with E-state index in [0.717, 1.165) is 12.8 Å². The molecule has 0 unspecified atom stereocenters. The van der Waals surface area contributed by atoms with Crippen molar-refractivity contribution in [2.45, 2.75) is 19.8 Å². The van der Waals surface area contributed by atoms with Crippen LogP contribution in [0.1, 0.15) is 30.1 Å². The Kier molecular flexibility index (Phi) is 4.21. The van der Waals surface area contributed by atoms with Crippen LogP contribution in [0.4, 0.5) is 0 Å². The van der Waals surface area contributed by atoms with E-state index in [0.29, 0.717) is 24.6 Å². The topological polar surface area (TPSA) is 66.5 Å². The molecule has 6 heteroatoms. The van der Waals surface area contributed by atoms with Crippen LogP contribution >= 0.6 is 0 Å². The van der Waals surface area contributed by atoms with Crippen LogP contribution in [0.5, 0.6) is 0 Å². The minimum absolute atomic E-state index is 0.344. The van der Waals surface area contributed by atoms with E-state index in [1.54, 1.807) is 30.3 Å². The van der Waals surface area contributed by atoms with Crippen molar-refractivity contribution in [3.8, 4) is 0 Å². The zero-order valence-corrected chi connectivity index (χ0v) is 11.7. The first-order valence-corrected chi connectivity index (χ1v) is 7.80. The van der Waals surface area contributed by atoms with E-state index in [4.69, 9.17) is 0 Å². The minimum atomic E-state index is -3.72. The van der Waals surface area contributed by atoms with Crippen molar-refractivity contribution in [3.63, 3.8) is 0 Å². The standard InChI is InChI=1S/C13H18N2O3S/c1-11-7-9-15(10-8-11)19(17,18)14-13(16)12-5-3-2-4-6-12/h2-6,11H,7-10H2,1H3,(H,14,16). The highest BCUT2D eigenvalue weighted by molar-refractivity contribution is 7.87. The van der Waals surface area contributed by atoms with E-state index in [1.807, 2.05) is 0 Å². The average molecular weight is 282 g/mol. The van der Waals surface area contributed by atoms with Gasteiger partial charge in [-0.2, -0.15) is 12.7 Å². The number of benzene rings is 1. The Hall–Kier alpha value is -1.40. The molecule has 1 amide bonds. The van der Waals surface area contributed by atoms with Gasteiger partial charge in [-0.05, 0) is 30.9 Å². The molecule has 1 saturated heterocycles. The van der Waals surface area contributed by atoms with Gasteiger partial charge in [0.15, 0.2) is 0 Å².